The lowest BCUT2D eigenvalue weighted by Gasteiger charge is -2.26. The molecule has 6 heteroatoms. The Bertz CT molecular complexity index is 981. The molecule has 5 nitrogen and oxygen atoms in total. The number of benzene rings is 2. The van der Waals surface area contributed by atoms with Gasteiger partial charge in [-0.3, -0.25) is 4.79 Å². The molecule has 1 aliphatic rings. The van der Waals surface area contributed by atoms with Crippen molar-refractivity contribution in [3.05, 3.63) is 82.0 Å². The maximum Gasteiger partial charge on any atom is 0.254 e. The average Bonchev–Trinajstić information content (AvgIpc) is 3.53. The third-order valence-corrected chi connectivity index (χ3v) is 6.32. The minimum Gasteiger partial charge on any atom is -0.497 e. The molecule has 2 aromatic carbocycles. The number of rotatable bonds is 10. The lowest BCUT2D eigenvalue weighted by Crippen LogP contribution is -2.37. The zero-order valence-electron chi connectivity index (χ0n) is 18.4. The largest absolute Gasteiger partial charge is 0.497 e. The van der Waals surface area contributed by atoms with Crippen LogP contribution in [0.15, 0.2) is 65.4 Å². The van der Waals surface area contributed by atoms with Gasteiger partial charge in [0.15, 0.2) is 0 Å². The summed E-state index contributed by atoms with van der Waals surface area (Å²) in [5.74, 6) is 1.55. The van der Waals surface area contributed by atoms with Crippen molar-refractivity contribution in [2.45, 2.75) is 31.9 Å². The van der Waals surface area contributed by atoms with Crippen molar-refractivity contribution < 1.29 is 19.0 Å². The molecule has 4 rings (SSSR count). The van der Waals surface area contributed by atoms with Gasteiger partial charge in [0.05, 0.1) is 19.8 Å². The van der Waals surface area contributed by atoms with Crippen LogP contribution in [0.1, 0.15) is 34.3 Å². The van der Waals surface area contributed by atoms with Crippen LogP contribution in [0.5, 0.6) is 11.5 Å². The van der Waals surface area contributed by atoms with E-state index in [1.165, 1.54) is 5.56 Å². The number of hydrogen-bond donors (Lipinski definition) is 0. The molecule has 1 fully saturated rings. The number of ether oxygens (including phenoxy) is 3. The first-order valence-electron chi connectivity index (χ1n) is 11.0. The van der Waals surface area contributed by atoms with Crippen LogP contribution < -0.4 is 9.47 Å². The normalized spacial score (nSPS) is 15.5. The van der Waals surface area contributed by atoms with Crippen LogP contribution in [-0.2, 0) is 17.7 Å². The quantitative estimate of drug-likeness (QED) is 0.425. The van der Waals surface area contributed by atoms with E-state index in [1.54, 1.807) is 18.4 Å². The number of hydrogen-bond acceptors (Lipinski definition) is 5. The van der Waals surface area contributed by atoms with E-state index in [-0.39, 0.29) is 12.0 Å². The monoisotopic (exact) mass is 451 g/mol. The third kappa shape index (κ3) is 6.11. The predicted octanol–water partition coefficient (Wildman–Crippen LogP) is 5.20. The number of nitrogens with zero attached hydrogens (tertiary/aromatic N) is 1. The molecule has 1 atom stereocenters. The Morgan fingerprint density at radius 3 is 2.72 bits per heavy atom. The lowest BCUT2D eigenvalue weighted by molar-refractivity contribution is 0.0507. The Kier molecular flexibility index (Phi) is 7.80. The highest BCUT2D eigenvalue weighted by molar-refractivity contribution is 7.07. The molecule has 2 heterocycles. The lowest BCUT2D eigenvalue weighted by atomic mass is 10.1. The highest BCUT2D eigenvalue weighted by atomic mass is 32.1. The SMILES string of the molecule is COc1ccc(C(=O)N(Cc2cccc(OCCc3ccsc3)c2)C[C@H]2CCCO2)cc1. The maximum atomic E-state index is 13.3. The van der Waals surface area contributed by atoms with Crippen LogP contribution in [0, 0.1) is 0 Å². The molecular formula is C26H29NO4S. The van der Waals surface area contributed by atoms with Gasteiger partial charge < -0.3 is 19.1 Å². The van der Waals surface area contributed by atoms with Crippen LogP contribution in [0.2, 0.25) is 0 Å². The summed E-state index contributed by atoms with van der Waals surface area (Å²) < 4.78 is 17.0. The van der Waals surface area contributed by atoms with Crippen molar-refractivity contribution in [1.29, 1.82) is 0 Å². The fourth-order valence-corrected chi connectivity index (χ4v) is 4.55. The minimum absolute atomic E-state index is 0.00747. The molecule has 1 saturated heterocycles. The summed E-state index contributed by atoms with van der Waals surface area (Å²) in [5.41, 5.74) is 2.98. The standard InChI is InChI=1S/C26H29NO4S/c1-29-23-9-7-22(8-10-23)26(28)27(18-25-6-3-13-30-25)17-21-4-2-5-24(16-21)31-14-11-20-12-15-32-19-20/h2,4-5,7-10,12,15-16,19,25H,3,6,11,13-14,17-18H2,1H3/t25-/m1/s1. The van der Waals surface area contributed by atoms with E-state index in [0.717, 1.165) is 42.9 Å². The predicted molar refractivity (Wildman–Crippen MR) is 127 cm³/mol. The van der Waals surface area contributed by atoms with Crippen molar-refractivity contribution in [2.75, 3.05) is 26.9 Å². The first-order valence-corrected chi connectivity index (χ1v) is 11.9. The van der Waals surface area contributed by atoms with Gasteiger partial charge >= 0.3 is 0 Å². The van der Waals surface area contributed by atoms with E-state index in [1.807, 2.05) is 53.4 Å². The van der Waals surface area contributed by atoms with Crippen LogP contribution in [0.3, 0.4) is 0 Å². The second-order valence-electron chi connectivity index (χ2n) is 7.93. The fourth-order valence-electron chi connectivity index (χ4n) is 3.85. The highest BCUT2D eigenvalue weighted by Crippen LogP contribution is 2.21. The summed E-state index contributed by atoms with van der Waals surface area (Å²) in [6.07, 6.45) is 3.00. The summed E-state index contributed by atoms with van der Waals surface area (Å²) in [6.45, 7) is 2.48. The van der Waals surface area contributed by atoms with Crippen molar-refractivity contribution in [3.63, 3.8) is 0 Å². The first-order chi connectivity index (χ1) is 15.7. The van der Waals surface area contributed by atoms with Gasteiger partial charge in [0.1, 0.15) is 11.5 Å². The molecule has 0 spiro atoms. The van der Waals surface area contributed by atoms with Crippen LogP contribution in [0.4, 0.5) is 0 Å². The zero-order chi connectivity index (χ0) is 22.2. The Morgan fingerprint density at radius 2 is 2.00 bits per heavy atom. The summed E-state index contributed by atoms with van der Waals surface area (Å²) in [4.78, 5) is 15.2. The van der Waals surface area contributed by atoms with Crippen LogP contribution in [0.25, 0.3) is 0 Å². The fraction of sp³-hybridized carbons (Fsp3) is 0.346. The highest BCUT2D eigenvalue weighted by Gasteiger charge is 2.24. The van der Waals surface area contributed by atoms with Crippen LogP contribution in [-0.4, -0.2) is 43.8 Å². The molecule has 1 aromatic heterocycles. The minimum atomic E-state index is -0.00747. The molecule has 3 aromatic rings. The number of thiophene rings is 1. The van der Waals surface area contributed by atoms with Gasteiger partial charge in [-0.15, -0.1) is 0 Å². The van der Waals surface area contributed by atoms with E-state index in [0.29, 0.717) is 25.3 Å². The van der Waals surface area contributed by atoms with E-state index in [4.69, 9.17) is 14.2 Å². The summed E-state index contributed by atoms with van der Waals surface area (Å²) in [6, 6.07) is 17.4. The molecule has 168 valence electrons. The summed E-state index contributed by atoms with van der Waals surface area (Å²) >= 11 is 1.70. The van der Waals surface area contributed by atoms with Crippen molar-refractivity contribution in [3.8, 4) is 11.5 Å². The van der Waals surface area contributed by atoms with Gasteiger partial charge in [0, 0.05) is 31.7 Å². The molecule has 0 unspecified atom stereocenters. The van der Waals surface area contributed by atoms with Gasteiger partial charge in [-0.25, -0.2) is 0 Å². The molecule has 32 heavy (non-hydrogen) atoms. The van der Waals surface area contributed by atoms with Gasteiger partial charge in [0.25, 0.3) is 5.91 Å². The molecule has 0 bridgehead atoms. The van der Waals surface area contributed by atoms with Crippen molar-refractivity contribution in [2.24, 2.45) is 0 Å². The topological polar surface area (TPSA) is 48.0 Å². The maximum absolute atomic E-state index is 13.3. The number of methoxy groups -OCH3 is 1. The number of carbonyl (C=O) groups is 1. The second kappa shape index (κ2) is 11.2. The summed E-state index contributed by atoms with van der Waals surface area (Å²) in [5, 5.41) is 4.23. The Hall–Kier alpha value is -2.83. The molecule has 0 N–H and O–H groups in total. The van der Waals surface area contributed by atoms with Crippen molar-refractivity contribution >= 4 is 17.2 Å². The molecule has 1 aliphatic heterocycles. The smallest absolute Gasteiger partial charge is 0.254 e. The summed E-state index contributed by atoms with van der Waals surface area (Å²) in [7, 11) is 1.62. The Labute approximate surface area is 193 Å². The van der Waals surface area contributed by atoms with Gasteiger partial charge in [0.2, 0.25) is 0 Å². The van der Waals surface area contributed by atoms with Crippen molar-refractivity contribution in [1.82, 2.24) is 4.90 Å². The molecular weight excluding hydrogens is 422 g/mol. The van der Waals surface area contributed by atoms with E-state index in [2.05, 4.69) is 16.8 Å². The first kappa shape index (κ1) is 22.4. The van der Waals surface area contributed by atoms with E-state index in [9.17, 15) is 4.79 Å². The van der Waals surface area contributed by atoms with E-state index < -0.39 is 0 Å². The van der Waals surface area contributed by atoms with Crippen LogP contribution >= 0.6 is 11.3 Å². The molecule has 1 amide bonds. The zero-order valence-corrected chi connectivity index (χ0v) is 19.2. The van der Waals surface area contributed by atoms with Gasteiger partial charge in [-0.1, -0.05) is 12.1 Å². The van der Waals surface area contributed by atoms with Gasteiger partial charge in [-0.2, -0.15) is 11.3 Å². The molecule has 0 radical (unpaired) electrons. The average molecular weight is 452 g/mol. The number of amides is 1. The second-order valence-corrected chi connectivity index (χ2v) is 8.71. The number of carbonyl (C=O) groups excluding carboxylic acids is 1. The Balaban J connectivity index is 1.44. The van der Waals surface area contributed by atoms with E-state index >= 15 is 0 Å². The molecule has 0 aliphatic carbocycles. The Morgan fingerprint density at radius 1 is 1.12 bits per heavy atom. The molecule has 0 saturated carbocycles. The van der Waals surface area contributed by atoms with Gasteiger partial charge in [-0.05, 0) is 77.2 Å². The third-order valence-electron chi connectivity index (χ3n) is 5.58.